The van der Waals surface area contributed by atoms with Crippen molar-refractivity contribution >= 4 is 0 Å². The van der Waals surface area contributed by atoms with Crippen LogP contribution in [0.5, 0.6) is 0 Å². The molecule has 0 spiro atoms. The van der Waals surface area contributed by atoms with Crippen molar-refractivity contribution in [3.63, 3.8) is 0 Å². The predicted molar refractivity (Wildman–Crippen MR) is 53.9 cm³/mol. The Balaban J connectivity index is 2.40. The minimum Gasteiger partial charge on any atom is -0.370 e. The molecule has 2 heterocycles. The van der Waals surface area contributed by atoms with E-state index in [-0.39, 0.29) is 0 Å². The first kappa shape index (κ1) is 9.68. The monoisotopic (exact) mass is 195 g/mol. The Morgan fingerprint density at radius 3 is 2.93 bits per heavy atom. The Bertz CT molecular complexity index is 330. The van der Waals surface area contributed by atoms with Gasteiger partial charge >= 0.3 is 0 Å². The molecule has 1 aromatic heterocycles. The third-order valence-corrected chi connectivity index (χ3v) is 2.56. The fraction of sp³-hybridized carbons (Fsp3) is 0.700. The molecule has 2 N–H and O–H groups in total. The number of fused-ring (bicyclic) bond motifs is 1. The maximum absolute atomic E-state index is 5.60. The Hall–Kier alpha value is -0.870. The number of hydrogen-bond donors (Lipinski definition) is 1. The highest BCUT2D eigenvalue weighted by atomic mass is 16.5. The second kappa shape index (κ2) is 3.71. The summed E-state index contributed by atoms with van der Waals surface area (Å²) in [5, 5.41) is 4.54. The molecule has 0 bridgehead atoms. The van der Waals surface area contributed by atoms with Crippen molar-refractivity contribution in [2.24, 2.45) is 5.73 Å². The molecule has 1 aliphatic heterocycles. The van der Waals surface area contributed by atoms with E-state index in [1.54, 1.807) is 0 Å². The van der Waals surface area contributed by atoms with E-state index in [2.05, 4.69) is 23.6 Å². The van der Waals surface area contributed by atoms with Crippen molar-refractivity contribution in [2.75, 3.05) is 6.54 Å². The van der Waals surface area contributed by atoms with Gasteiger partial charge in [0.15, 0.2) is 0 Å². The molecule has 4 nitrogen and oxygen atoms in total. The molecule has 0 unspecified atom stereocenters. The third kappa shape index (κ3) is 1.44. The van der Waals surface area contributed by atoms with Crippen LogP contribution in [0.1, 0.15) is 36.8 Å². The first-order valence-corrected chi connectivity index (χ1v) is 5.11. The Labute approximate surface area is 84.0 Å². The molecule has 1 aromatic rings. The zero-order chi connectivity index (χ0) is 10.1. The first-order valence-electron chi connectivity index (χ1n) is 5.11. The molecular formula is C10H17N3O. The summed E-state index contributed by atoms with van der Waals surface area (Å²) in [4.78, 5) is 0. The lowest BCUT2D eigenvalue weighted by Crippen LogP contribution is -2.13. The van der Waals surface area contributed by atoms with Crippen LogP contribution in [-0.2, 0) is 24.4 Å². The quantitative estimate of drug-likeness (QED) is 0.782. The Morgan fingerprint density at radius 2 is 2.29 bits per heavy atom. The van der Waals surface area contributed by atoms with E-state index in [4.69, 9.17) is 10.5 Å². The summed E-state index contributed by atoms with van der Waals surface area (Å²) in [5.41, 5.74) is 9.23. The highest BCUT2D eigenvalue weighted by molar-refractivity contribution is 5.28. The summed E-state index contributed by atoms with van der Waals surface area (Å²) in [7, 11) is 0. The Morgan fingerprint density at radius 1 is 1.50 bits per heavy atom. The molecule has 0 atom stereocenters. The Kier molecular flexibility index (Phi) is 2.56. The molecular weight excluding hydrogens is 178 g/mol. The zero-order valence-electron chi connectivity index (χ0n) is 8.79. The SMILES string of the molecule is CC(C)n1nc2c(c1CCN)COC2. The van der Waals surface area contributed by atoms with Crippen molar-refractivity contribution in [3.05, 3.63) is 17.0 Å². The van der Waals surface area contributed by atoms with Gasteiger partial charge in [-0.05, 0) is 20.4 Å². The third-order valence-electron chi connectivity index (χ3n) is 2.56. The van der Waals surface area contributed by atoms with Crippen LogP contribution in [0.25, 0.3) is 0 Å². The highest BCUT2D eigenvalue weighted by Gasteiger charge is 2.22. The van der Waals surface area contributed by atoms with Crippen molar-refractivity contribution in [2.45, 2.75) is 39.5 Å². The van der Waals surface area contributed by atoms with Gasteiger partial charge in [-0.15, -0.1) is 0 Å². The van der Waals surface area contributed by atoms with E-state index in [9.17, 15) is 0 Å². The van der Waals surface area contributed by atoms with Crippen LogP contribution in [-0.4, -0.2) is 16.3 Å². The summed E-state index contributed by atoms with van der Waals surface area (Å²) in [6, 6.07) is 0.405. The zero-order valence-corrected chi connectivity index (χ0v) is 8.79. The van der Waals surface area contributed by atoms with E-state index in [1.807, 2.05) is 0 Å². The van der Waals surface area contributed by atoms with Gasteiger partial charge in [-0.1, -0.05) is 0 Å². The van der Waals surface area contributed by atoms with Crippen LogP contribution < -0.4 is 5.73 Å². The van der Waals surface area contributed by atoms with Gasteiger partial charge in [-0.25, -0.2) is 0 Å². The summed E-state index contributed by atoms with van der Waals surface area (Å²) in [6.07, 6.45) is 0.893. The smallest absolute Gasteiger partial charge is 0.0940 e. The minimum atomic E-state index is 0.405. The standard InChI is InChI=1S/C10H17N3O/c1-7(2)13-10(3-4-11)8-5-14-6-9(8)12-13/h7H,3-6,11H2,1-2H3. The van der Waals surface area contributed by atoms with E-state index in [0.29, 0.717) is 25.8 Å². The maximum Gasteiger partial charge on any atom is 0.0940 e. The maximum atomic E-state index is 5.60. The van der Waals surface area contributed by atoms with Gasteiger partial charge in [-0.2, -0.15) is 5.10 Å². The second-order valence-electron chi connectivity index (χ2n) is 3.94. The average molecular weight is 195 g/mol. The molecule has 0 fully saturated rings. The second-order valence-corrected chi connectivity index (χ2v) is 3.94. The largest absolute Gasteiger partial charge is 0.370 e. The summed E-state index contributed by atoms with van der Waals surface area (Å²) in [6.45, 7) is 6.32. The van der Waals surface area contributed by atoms with Crippen LogP contribution in [0.4, 0.5) is 0 Å². The molecule has 1 aliphatic rings. The molecule has 4 heteroatoms. The lowest BCUT2D eigenvalue weighted by atomic mass is 10.1. The summed E-state index contributed by atoms with van der Waals surface area (Å²) in [5.74, 6) is 0. The van der Waals surface area contributed by atoms with Crippen LogP contribution in [0, 0.1) is 0 Å². The minimum absolute atomic E-state index is 0.405. The molecule has 0 saturated carbocycles. The van der Waals surface area contributed by atoms with E-state index in [1.165, 1.54) is 11.3 Å². The van der Waals surface area contributed by atoms with E-state index in [0.717, 1.165) is 12.1 Å². The molecule has 0 saturated heterocycles. The number of nitrogens with two attached hydrogens (primary N) is 1. The number of aromatic nitrogens is 2. The lowest BCUT2D eigenvalue weighted by molar-refractivity contribution is 0.129. The molecule has 0 aromatic carbocycles. The van der Waals surface area contributed by atoms with Gasteiger partial charge in [-0.3, -0.25) is 4.68 Å². The average Bonchev–Trinajstić information content (AvgIpc) is 2.67. The van der Waals surface area contributed by atoms with Crippen LogP contribution in [0.3, 0.4) is 0 Å². The highest BCUT2D eigenvalue weighted by Crippen LogP contribution is 2.25. The van der Waals surface area contributed by atoms with E-state index < -0.39 is 0 Å². The lowest BCUT2D eigenvalue weighted by Gasteiger charge is -2.11. The van der Waals surface area contributed by atoms with Gasteiger partial charge in [0.25, 0.3) is 0 Å². The molecule has 14 heavy (non-hydrogen) atoms. The molecule has 0 aliphatic carbocycles. The normalized spacial score (nSPS) is 15.1. The fourth-order valence-corrected chi connectivity index (χ4v) is 1.92. The number of ether oxygens (including phenoxy) is 1. The van der Waals surface area contributed by atoms with Gasteiger partial charge < -0.3 is 10.5 Å². The number of hydrogen-bond acceptors (Lipinski definition) is 3. The van der Waals surface area contributed by atoms with Gasteiger partial charge in [0.2, 0.25) is 0 Å². The van der Waals surface area contributed by atoms with Crippen molar-refractivity contribution < 1.29 is 4.74 Å². The summed E-state index contributed by atoms with van der Waals surface area (Å²) < 4.78 is 7.44. The topological polar surface area (TPSA) is 53.1 Å². The van der Waals surface area contributed by atoms with Gasteiger partial charge in [0.05, 0.1) is 18.9 Å². The van der Waals surface area contributed by atoms with Crippen molar-refractivity contribution in [1.82, 2.24) is 9.78 Å². The van der Waals surface area contributed by atoms with Gasteiger partial charge in [0, 0.05) is 23.7 Å². The number of rotatable bonds is 3. The van der Waals surface area contributed by atoms with Crippen molar-refractivity contribution in [1.29, 1.82) is 0 Å². The molecule has 0 radical (unpaired) electrons. The van der Waals surface area contributed by atoms with Crippen molar-refractivity contribution in [3.8, 4) is 0 Å². The number of nitrogens with zero attached hydrogens (tertiary/aromatic N) is 2. The summed E-state index contributed by atoms with van der Waals surface area (Å²) >= 11 is 0. The van der Waals surface area contributed by atoms with Gasteiger partial charge in [0.1, 0.15) is 0 Å². The fourth-order valence-electron chi connectivity index (χ4n) is 1.92. The van der Waals surface area contributed by atoms with E-state index >= 15 is 0 Å². The van der Waals surface area contributed by atoms with Crippen LogP contribution >= 0.6 is 0 Å². The molecule has 2 rings (SSSR count). The van der Waals surface area contributed by atoms with Crippen LogP contribution in [0.15, 0.2) is 0 Å². The predicted octanol–water partition coefficient (Wildman–Crippen LogP) is 0.995. The molecule has 78 valence electrons. The molecule has 0 amide bonds. The van der Waals surface area contributed by atoms with Crippen LogP contribution in [0.2, 0.25) is 0 Å². The first-order chi connectivity index (χ1) is 6.74.